The summed E-state index contributed by atoms with van der Waals surface area (Å²) in [4.78, 5) is 11.3. The van der Waals surface area contributed by atoms with Gasteiger partial charge < -0.3 is 10.6 Å². The number of rotatable bonds is 5. The molecule has 1 aromatic heterocycles. The summed E-state index contributed by atoms with van der Waals surface area (Å²) in [6, 6.07) is 13.3. The van der Waals surface area contributed by atoms with E-state index in [9.17, 15) is 9.18 Å². The van der Waals surface area contributed by atoms with Crippen LogP contribution >= 0.6 is 28.1 Å². The molecule has 0 saturated carbocycles. The molecule has 3 rings (SSSR count). The monoisotopic (exact) mass is 446 g/mol. The summed E-state index contributed by atoms with van der Waals surface area (Å²) in [5.41, 5.74) is 2.34. The third-order valence-electron chi connectivity index (χ3n) is 3.76. The van der Waals surface area contributed by atoms with Crippen LogP contribution in [0.1, 0.15) is 22.8 Å². The highest BCUT2D eigenvalue weighted by atomic mass is 79.9. The molecule has 0 unspecified atom stereocenters. The summed E-state index contributed by atoms with van der Waals surface area (Å²) in [5, 5.41) is 10.9. The fourth-order valence-electron chi connectivity index (χ4n) is 2.40. The third-order valence-corrected chi connectivity index (χ3v) is 4.54. The summed E-state index contributed by atoms with van der Waals surface area (Å²) >= 11 is 8.77. The van der Waals surface area contributed by atoms with Crippen LogP contribution in [0.4, 0.5) is 15.9 Å². The number of hydrogen-bond donors (Lipinski definition) is 2. The lowest BCUT2D eigenvalue weighted by Crippen LogP contribution is -2.19. The van der Waals surface area contributed by atoms with E-state index in [-0.39, 0.29) is 11.6 Å². The number of benzene rings is 2. The predicted octanol–water partition coefficient (Wildman–Crippen LogP) is 4.84. The maximum absolute atomic E-state index is 13.0. The molecule has 138 valence electrons. The minimum Gasteiger partial charge on any atom is -0.332 e. The lowest BCUT2D eigenvalue weighted by atomic mass is 10.1. The van der Waals surface area contributed by atoms with Gasteiger partial charge in [-0.3, -0.25) is 9.48 Å². The second-order valence-electron chi connectivity index (χ2n) is 5.86. The molecule has 5 nitrogen and oxygen atoms in total. The van der Waals surface area contributed by atoms with Gasteiger partial charge in [0.1, 0.15) is 5.82 Å². The van der Waals surface area contributed by atoms with E-state index in [0.717, 1.165) is 15.7 Å². The predicted molar refractivity (Wildman–Crippen MR) is 112 cm³/mol. The van der Waals surface area contributed by atoms with Gasteiger partial charge in [0.2, 0.25) is 0 Å². The summed E-state index contributed by atoms with van der Waals surface area (Å²) in [5.74, 6) is 0.309. The Bertz CT molecular complexity index is 970. The molecule has 2 aromatic carbocycles. The molecule has 0 saturated heterocycles. The number of aromatic nitrogens is 2. The van der Waals surface area contributed by atoms with E-state index in [1.165, 1.54) is 19.1 Å². The summed E-state index contributed by atoms with van der Waals surface area (Å²) in [7, 11) is 0. The molecule has 0 aliphatic carbocycles. The molecule has 0 aliphatic rings. The zero-order valence-corrected chi connectivity index (χ0v) is 16.8. The van der Waals surface area contributed by atoms with Gasteiger partial charge in [-0.2, -0.15) is 5.10 Å². The first kappa shape index (κ1) is 19.2. The first-order valence-electron chi connectivity index (χ1n) is 8.07. The van der Waals surface area contributed by atoms with Gasteiger partial charge in [-0.1, -0.05) is 12.1 Å². The van der Waals surface area contributed by atoms with Crippen molar-refractivity contribution in [2.45, 2.75) is 13.5 Å². The Morgan fingerprint density at radius 3 is 2.44 bits per heavy atom. The summed E-state index contributed by atoms with van der Waals surface area (Å²) in [6.07, 6.45) is 1.82. The summed E-state index contributed by atoms with van der Waals surface area (Å²) < 4.78 is 15.5. The maximum atomic E-state index is 13.0. The minimum absolute atomic E-state index is 0.0119. The Morgan fingerprint density at radius 2 is 1.81 bits per heavy atom. The van der Waals surface area contributed by atoms with Crippen molar-refractivity contribution < 1.29 is 9.18 Å². The topological polar surface area (TPSA) is 59.0 Å². The fourth-order valence-corrected chi connectivity index (χ4v) is 3.03. The van der Waals surface area contributed by atoms with Crippen LogP contribution < -0.4 is 10.6 Å². The molecule has 27 heavy (non-hydrogen) atoms. The van der Waals surface area contributed by atoms with Gasteiger partial charge in [0.05, 0.1) is 11.0 Å². The molecule has 8 heteroatoms. The second-order valence-corrected chi connectivity index (χ2v) is 7.12. The standard InChI is InChI=1S/C19H16BrFN4OS/c1-12(26)14-4-8-16(9-5-14)22-19(27)23-18-17(20)11-25(24-18)10-13-2-6-15(21)7-3-13/h2-9,11H,10H2,1H3,(H2,22,23,24,27). The molecule has 0 bridgehead atoms. The molecule has 0 radical (unpaired) electrons. The highest BCUT2D eigenvalue weighted by molar-refractivity contribution is 9.10. The Morgan fingerprint density at radius 1 is 1.15 bits per heavy atom. The molecule has 2 N–H and O–H groups in total. The molecule has 1 heterocycles. The van der Waals surface area contributed by atoms with Crippen molar-refractivity contribution in [1.29, 1.82) is 0 Å². The van der Waals surface area contributed by atoms with Gasteiger partial charge in [0, 0.05) is 17.4 Å². The van der Waals surface area contributed by atoms with Gasteiger partial charge in [-0.25, -0.2) is 4.39 Å². The Balaban J connectivity index is 1.63. The first-order chi connectivity index (χ1) is 12.9. The van der Waals surface area contributed by atoms with E-state index in [1.807, 2.05) is 6.20 Å². The zero-order valence-electron chi connectivity index (χ0n) is 14.4. The van der Waals surface area contributed by atoms with Crippen molar-refractivity contribution >= 4 is 50.5 Å². The number of anilines is 2. The molecular weight excluding hydrogens is 431 g/mol. The third kappa shape index (κ3) is 5.21. The maximum Gasteiger partial charge on any atom is 0.176 e. The smallest absolute Gasteiger partial charge is 0.176 e. The van der Waals surface area contributed by atoms with Gasteiger partial charge in [0.25, 0.3) is 0 Å². The SMILES string of the molecule is CC(=O)c1ccc(NC(=S)Nc2nn(Cc3ccc(F)cc3)cc2Br)cc1. The van der Waals surface area contributed by atoms with Crippen molar-refractivity contribution in [3.63, 3.8) is 0 Å². The van der Waals surface area contributed by atoms with Crippen molar-refractivity contribution in [2.75, 3.05) is 10.6 Å². The van der Waals surface area contributed by atoms with E-state index in [0.29, 0.717) is 23.0 Å². The molecule has 0 spiro atoms. The first-order valence-corrected chi connectivity index (χ1v) is 9.27. The molecule has 0 atom stereocenters. The van der Waals surface area contributed by atoms with Crippen LogP contribution in [0, 0.1) is 5.82 Å². The van der Waals surface area contributed by atoms with Crippen LogP contribution in [0.2, 0.25) is 0 Å². The summed E-state index contributed by atoms with van der Waals surface area (Å²) in [6.45, 7) is 2.03. The highest BCUT2D eigenvalue weighted by Crippen LogP contribution is 2.21. The van der Waals surface area contributed by atoms with E-state index in [4.69, 9.17) is 12.2 Å². The Hall–Kier alpha value is -2.58. The highest BCUT2D eigenvalue weighted by Gasteiger charge is 2.09. The van der Waals surface area contributed by atoms with Crippen LogP contribution in [-0.4, -0.2) is 20.7 Å². The van der Waals surface area contributed by atoms with Crippen LogP contribution in [0.25, 0.3) is 0 Å². The van der Waals surface area contributed by atoms with Crippen LogP contribution in [0.15, 0.2) is 59.2 Å². The molecule has 0 fully saturated rings. The van der Waals surface area contributed by atoms with Crippen LogP contribution in [-0.2, 0) is 6.54 Å². The molecule has 0 aliphatic heterocycles. The van der Waals surface area contributed by atoms with Gasteiger partial charge in [-0.15, -0.1) is 0 Å². The lowest BCUT2D eigenvalue weighted by molar-refractivity contribution is 0.101. The Labute approximate surface area is 169 Å². The number of carbonyl (C=O) groups excluding carboxylic acids is 1. The van der Waals surface area contributed by atoms with Gasteiger partial charge in [0.15, 0.2) is 16.7 Å². The van der Waals surface area contributed by atoms with Crippen LogP contribution in [0.5, 0.6) is 0 Å². The molecule has 3 aromatic rings. The zero-order chi connectivity index (χ0) is 19.4. The van der Waals surface area contributed by atoms with Crippen molar-refractivity contribution in [2.24, 2.45) is 0 Å². The molecule has 0 amide bonds. The largest absolute Gasteiger partial charge is 0.332 e. The number of hydrogen-bond acceptors (Lipinski definition) is 3. The average Bonchev–Trinajstić information content (AvgIpc) is 2.96. The number of thiocarbonyl (C=S) groups is 1. The number of carbonyl (C=O) groups is 1. The van der Waals surface area contributed by atoms with E-state index < -0.39 is 0 Å². The van der Waals surface area contributed by atoms with Gasteiger partial charge >= 0.3 is 0 Å². The number of nitrogens with one attached hydrogen (secondary N) is 2. The van der Waals surface area contributed by atoms with E-state index >= 15 is 0 Å². The fraction of sp³-hybridized carbons (Fsp3) is 0.105. The normalized spacial score (nSPS) is 10.5. The van der Waals surface area contributed by atoms with Crippen molar-refractivity contribution in [1.82, 2.24) is 9.78 Å². The second kappa shape index (κ2) is 8.41. The van der Waals surface area contributed by atoms with Crippen LogP contribution in [0.3, 0.4) is 0 Å². The van der Waals surface area contributed by atoms with Gasteiger partial charge in [-0.05, 0) is 77.0 Å². The average molecular weight is 447 g/mol. The van der Waals surface area contributed by atoms with E-state index in [2.05, 4.69) is 31.7 Å². The Kier molecular flexibility index (Phi) is 5.98. The number of ketones is 1. The van der Waals surface area contributed by atoms with Crippen molar-refractivity contribution in [3.05, 3.63) is 76.1 Å². The number of Topliss-reactive ketones (excluding diaryl/α,β-unsaturated/α-hetero) is 1. The number of halogens is 2. The lowest BCUT2D eigenvalue weighted by Gasteiger charge is -2.09. The quantitative estimate of drug-likeness (QED) is 0.433. The number of nitrogens with zero attached hydrogens (tertiary/aromatic N) is 2. The van der Waals surface area contributed by atoms with Crippen molar-refractivity contribution in [3.8, 4) is 0 Å². The van der Waals surface area contributed by atoms with E-state index in [1.54, 1.807) is 41.1 Å². The molecular formula is C19H16BrFN4OS. The minimum atomic E-state index is -0.268.